The molecule has 2 rings (SSSR count). The second-order valence-corrected chi connectivity index (χ2v) is 8.79. The number of carbonyl (C=O) groups excluding carboxylic acids is 1. The number of ether oxygens (including phenoxy) is 1. The van der Waals surface area contributed by atoms with E-state index in [0.29, 0.717) is 35.7 Å². The van der Waals surface area contributed by atoms with Gasteiger partial charge in [-0.05, 0) is 52.8 Å². The molecule has 0 bridgehead atoms. The Balaban J connectivity index is 0.00000512. The van der Waals surface area contributed by atoms with Gasteiger partial charge < -0.3 is 15.4 Å². The van der Waals surface area contributed by atoms with Crippen molar-refractivity contribution in [1.29, 1.82) is 0 Å². The Labute approximate surface area is 213 Å². The van der Waals surface area contributed by atoms with Crippen LogP contribution in [0.15, 0.2) is 29.3 Å². The molecule has 1 atom stereocenters. The van der Waals surface area contributed by atoms with E-state index >= 15 is 0 Å². The first kappa shape index (κ1) is 28.3. The van der Waals surface area contributed by atoms with Crippen LogP contribution in [0.1, 0.15) is 65.2 Å². The minimum atomic E-state index is -0.318. The van der Waals surface area contributed by atoms with Crippen LogP contribution in [0.2, 0.25) is 0 Å². The average Bonchev–Trinajstić information content (AvgIpc) is 3.13. The van der Waals surface area contributed by atoms with Gasteiger partial charge in [0, 0.05) is 26.2 Å². The van der Waals surface area contributed by atoms with Gasteiger partial charge in [0.15, 0.2) is 5.96 Å². The molecule has 7 nitrogen and oxygen atoms in total. The van der Waals surface area contributed by atoms with Gasteiger partial charge in [-0.1, -0.05) is 24.3 Å². The van der Waals surface area contributed by atoms with Crippen molar-refractivity contribution in [3.05, 3.63) is 51.0 Å². The highest BCUT2D eigenvalue weighted by atomic mass is 127. The van der Waals surface area contributed by atoms with Crippen molar-refractivity contribution in [2.75, 3.05) is 20.7 Å². The van der Waals surface area contributed by atoms with Crippen LogP contribution in [0.3, 0.4) is 0 Å². The Kier molecular flexibility index (Phi) is 12.2. The van der Waals surface area contributed by atoms with Gasteiger partial charge in [0.2, 0.25) is 0 Å². The van der Waals surface area contributed by atoms with E-state index in [2.05, 4.69) is 70.7 Å². The summed E-state index contributed by atoms with van der Waals surface area (Å²) in [5.74, 6) is 0.367. The minimum absolute atomic E-state index is 0. The lowest BCUT2D eigenvalue weighted by atomic mass is 10.1. The van der Waals surface area contributed by atoms with E-state index in [9.17, 15) is 4.79 Å². The van der Waals surface area contributed by atoms with E-state index in [0.717, 1.165) is 11.6 Å². The number of benzene rings is 1. The highest BCUT2D eigenvalue weighted by Gasteiger charge is 2.20. The summed E-state index contributed by atoms with van der Waals surface area (Å²) in [6.45, 7) is 11.9. The molecule has 0 amide bonds. The zero-order valence-corrected chi connectivity index (χ0v) is 23.2. The SMILES string of the molecule is CCOC(=O)c1sc(C(C)NC(=NC)NCc2ccccc2CN(C)C(C)C)nc1C.I. The summed E-state index contributed by atoms with van der Waals surface area (Å²) in [4.78, 5) is 23.8. The van der Waals surface area contributed by atoms with Crippen molar-refractivity contribution < 1.29 is 9.53 Å². The third-order valence-corrected chi connectivity index (χ3v) is 6.41. The van der Waals surface area contributed by atoms with Crippen LogP contribution in [0.25, 0.3) is 0 Å². The number of nitrogens with one attached hydrogen (secondary N) is 2. The van der Waals surface area contributed by atoms with E-state index in [4.69, 9.17) is 4.74 Å². The number of nitrogens with zero attached hydrogens (tertiary/aromatic N) is 3. The fourth-order valence-corrected chi connectivity index (χ4v) is 3.93. The number of aryl methyl sites for hydroxylation is 1. The normalized spacial score (nSPS) is 12.5. The van der Waals surface area contributed by atoms with E-state index in [-0.39, 0.29) is 36.0 Å². The maximum atomic E-state index is 12.1. The smallest absolute Gasteiger partial charge is 0.350 e. The molecular formula is C23H36IN5O2S. The van der Waals surface area contributed by atoms with Crippen molar-refractivity contribution >= 4 is 47.2 Å². The van der Waals surface area contributed by atoms with Crippen LogP contribution in [0.5, 0.6) is 0 Å². The van der Waals surface area contributed by atoms with Crippen molar-refractivity contribution in [2.45, 2.75) is 59.8 Å². The molecule has 0 spiro atoms. The molecule has 1 aromatic heterocycles. The van der Waals surface area contributed by atoms with Crippen molar-refractivity contribution in [3.63, 3.8) is 0 Å². The lowest BCUT2D eigenvalue weighted by Crippen LogP contribution is -2.38. The molecule has 0 aliphatic heterocycles. The van der Waals surface area contributed by atoms with Gasteiger partial charge in [-0.25, -0.2) is 9.78 Å². The van der Waals surface area contributed by atoms with Gasteiger partial charge in [-0.3, -0.25) is 9.89 Å². The number of carbonyl (C=O) groups is 1. The van der Waals surface area contributed by atoms with Crippen molar-refractivity contribution in [2.24, 2.45) is 4.99 Å². The molecule has 1 aromatic carbocycles. The molecule has 2 N–H and O–H groups in total. The first-order valence-corrected chi connectivity index (χ1v) is 11.5. The molecule has 32 heavy (non-hydrogen) atoms. The summed E-state index contributed by atoms with van der Waals surface area (Å²) < 4.78 is 5.12. The van der Waals surface area contributed by atoms with Gasteiger partial charge in [0.05, 0.1) is 18.3 Å². The second kappa shape index (κ2) is 13.7. The molecule has 178 valence electrons. The van der Waals surface area contributed by atoms with Crippen molar-refractivity contribution in [1.82, 2.24) is 20.5 Å². The van der Waals surface area contributed by atoms with Crippen LogP contribution in [0.4, 0.5) is 0 Å². The summed E-state index contributed by atoms with van der Waals surface area (Å²) in [6, 6.07) is 8.84. The van der Waals surface area contributed by atoms with Gasteiger partial charge in [-0.2, -0.15) is 0 Å². The molecule has 1 heterocycles. The maximum Gasteiger partial charge on any atom is 0.350 e. The lowest BCUT2D eigenvalue weighted by molar-refractivity contribution is 0.0531. The largest absolute Gasteiger partial charge is 0.462 e. The molecule has 0 saturated carbocycles. The van der Waals surface area contributed by atoms with Crippen LogP contribution in [-0.2, 0) is 17.8 Å². The fraction of sp³-hybridized carbons (Fsp3) is 0.522. The molecule has 9 heteroatoms. The highest BCUT2D eigenvalue weighted by Crippen LogP contribution is 2.24. The van der Waals surface area contributed by atoms with Crippen LogP contribution in [0, 0.1) is 6.92 Å². The number of aromatic nitrogens is 1. The predicted molar refractivity (Wildman–Crippen MR) is 143 cm³/mol. The van der Waals surface area contributed by atoms with Gasteiger partial charge in [0.1, 0.15) is 9.88 Å². The number of hydrogen-bond donors (Lipinski definition) is 2. The van der Waals surface area contributed by atoms with Crippen molar-refractivity contribution in [3.8, 4) is 0 Å². The zero-order chi connectivity index (χ0) is 23.0. The summed E-state index contributed by atoms with van der Waals surface area (Å²) >= 11 is 1.36. The number of guanidine groups is 1. The van der Waals surface area contributed by atoms with Crippen LogP contribution in [-0.4, -0.2) is 48.6 Å². The standard InChI is InChI=1S/C23H35N5O2S.HI/c1-8-30-22(29)20-16(4)26-21(31-20)17(5)27-23(24-6)25-13-18-11-9-10-12-19(18)14-28(7)15(2)3;/h9-12,15,17H,8,13-14H2,1-7H3,(H2,24,25,27);1H. The minimum Gasteiger partial charge on any atom is -0.462 e. The number of thiazole rings is 1. The number of rotatable bonds is 9. The summed E-state index contributed by atoms with van der Waals surface area (Å²) in [5, 5.41) is 7.59. The third kappa shape index (κ3) is 8.00. The number of aliphatic imine (C=N–C) groups is 1. The molecule has 0 radical (unpaired) electrons. The first-order valence-electron chi connectivity index (χ1n) is 10.6. The average molecular weight is 574 g/mol. The lowest BCUT2D eigenvalue weighted by Gasteiger charge is -2.23. The van der Waals surface area contributed by atoms with Gasteiger partial charge in [-0.15, -0.1) is 35.3 Å². The molecular weight excluding hydrogens is 537 g/mol. The predicted octanol–water partition coefficient (Wildman–Crippen LogP) is 4.51. The third-order valence-electron chi connectivity index (χ3n) is 5.09. The van der Waals surface area contributed by atoms with Crippen LogP contribution >= 0.6 is 35.3 Å². The Morgan fingerprint density at radius 2 is 1.91 bits per heavy atom. The van der Waals surface area contributed by atoms with Crippen LogP contribution < -0.4 is 10.6 Å². The quantitative estimate of drug-likeness (QED) is 0.199. The Hall–Kier alpha value is -1.72. The topological polar surface area (TPSA) is 78.8 Å². The summed E-state index contributed by atoms with van der Waals surface area (Å²) in [6.07, 6.45) is 0. The second-order valence-electron chi connectivity index (χ2n) is 7.76. The van der Waals surface area contributed by atoms with E-state index in [1.807, 2.05) is 13.8 Å². The highest BCUT2D eigenvalue weighted by molar-refractivity contribution is 14.0. The molecule has 0 aliphatic rings. The summed E-state index contributed by atoms with van der Waals surface area (Å²) in [7, 11) is 3.88. The zero-order valence-electron chi connectivity index (χ0n) is 20.1. The number of hydrogen-bond acceptors (Lipinski definition) is 6. The fourth-order valence-electron chi connectivity index (χ4n) is 2.96. The number of esters is 1. The number of halogens is 1. The van der Waals surface area contributed by atoms with Gasteiger partial charge in [0.25, 0.3) is 0 Å². The summed E-state index contributed by atoms with van der Waals surface area (Å²) in [5.41, 5.74) is 3.22. The van der Waals surface area contributed by atoms with E-state index < -0.39 is 0 Å². The van der Waals surface area contributed by atoms with E-state index in [1.165, 1.54) is 22.5 Å². The Bertz CT molecular complexity index is 900. The Morgan fingerprint density at radius 1 is 1.25 bits per heavy atom. The molecule has 0 aliphatic carbocycles. The first-order chi connectivity index (χ1) is 14.8. The monoisotopic (exact) mass is 573 g/mol. The Morgan fingerprint density at radius 3 is 2.50 bits per heavy atom. The maximum absolute atomic E-state index is 12.1. The molecule has 2 aromatic rings. The molecule has 1 unspecified atom stereocenters. The molecule has 0 saturated heterocycles. The van der Waals surface area contributed by atoms with Gasteiger partial charge >= 0.3 is 5.97 Å². The molecule has 0 fully saturated rings. The van der Waals surface area contributed by atoms with E-state index in [1.54, 1.807) is 14.0 Å².